The standard InChI is InChI=1S/C13H23N3O2S/c1-5-15(6-2)13-10-9-12(11-14-13)19(17,18)16(7-3)8-4/h9-11H,5-8H2,1-4H3. The maximum Gasteiger partial charge on any atom is 0.244 e. The third kappa shape index (κ3) is 3.45. The van der Waals surface area contributed by atoms with Gasteiger partial charge in [-0.15, -0.1) is 0 Å². The molecule has 0 saturated heterocycles. The minimum absolute atomic E-state index is 0.257. The zero-order valence-electron chi connectivity index (χ0n) is 12.1. The van der Waals surface area contributed by atoms with E-state index in [2.05, 4.69) is 9.88 Å². The Kier molecular flexibility index (Phi) is 5.75. The number of anilines is 1. The largest absolute Gasteiger partial charge is 0.357 e. The van der Waals surface area contributed by atoms with Gasteiger partial charge < -0.3 is 4.90 Å². The lowest BCUT2D eigenvalue weighted by Crippen LogP contribution is -2.30. The molecule has 1 aromatic heterocycles. The Balaban J connectivity index is 3.05. The fourth-order valence-electron chi connectivity index (χ4n) is 1.97. The Morgan fingerprint density at radius 3 is 1.95 bits per heavy atom. The van der Waals surface area contributed by atoms with Gasteiger partial charge in [-0.2, -0.15) is 4.31 Å². The van der Waals surface area contributed by atoms with Gasteiger partial charge in [0.1, 0.15) is 10.7 Å². The highest BCUT2D eigenvalue weighted by atomic mass is 32.2. The zero-order chi connectivity index (χ0) is 14.5. The molecule has 0 aliphatic heterocycles. The van der Waals surface area contributed by atoms with Crippen LogP contribution < -0.4 is 4.90 Å². The summed E-state index contributed by atoms with van der Waals surface area (Å²) in [5, 5.41) is 0. The van der Waals surface area contributed by atoms with Crippen molar-refractivity contribution in [3.8, 4) is 0 Å². The van der Waals surface area contributed by atoms with Crippen molar-refractivity contribution in [1.82, 2.24) is 9.29 Å². The van der Waals surface area contributed by atoms with Crippen molar-refractivity contribution < 1.29 is 8.42 Å². The molecule has 0 radical (unpaired) electrons. The van der Waals surface area contributed by atoms with Crippen LogP contribution in [0.5, 0.6) is 0 Å². The van der Waals surface area contributed by atoms with Crippen molar-refractivity contribution in [3.05, 3.63) is 18.3 Å². The molecule has 0 unspecified atom stereocenters. The van der Waals surface area contributed by atoms with Gasteiger partial charge in [0, 0.05) is 32.4 Å². The number of hydrogen-bond acceptors (Lipinski definition) is 4. The molecule has 5 nitrogen and oxygen atoms in total. The highest BCUT2D eigenvalue weighted by Crippen LogP contribution is 2.17. The van der Waals surface area contributed by atoms with Crippen LogP contribution in [-0.4, -0.2) is 43.9 Å². The average Bonchev–Trinajstić information content (AvgIpc) is 2.42. The van der Waals surface area contributed by atoms with Gasteiger partial charge in [0.15, 0.2) is 0 Å². The van der Waals surface area contributed by atoms with Gasteiger partial charge in [-0.3, -0.25) is 0 Å². The summed E-state index contributed by atoms with van der Waals surface area (Å²) < 4.78 is 26.0. The van der Waals surface area contributed by atoms with Crippen molar-refractivity contribution >= 4 is 15.8 Å². The molecule has 0 bridgehead atoms. The first-order valence-corrected chi connectivity index (χ1v) is 8.16. The summed E-state index contributed by atoms with van der Waals surface area (Å²) in [4.78, 5) is 6.59. The van der Waals surface area contributed by atoms with Gasteiger partial charge in [0.25, 0.3) is 0 Å². The molecule has 19 heavy (non-hydrogen) atoms. The summed E-state index contributed by atoms with van der Waals surface area (Å²) >= 11 is 0. The predicted molar refractivity (Wildman–Crippen MR) is 77.9 cm³/mol. The summed E-state index contributed by atoms with van der Waals surface area (Å²) in [5.41, 5.74) is 0. The van der Waals surface area contributed by atoms with Crippen LogP contribution in [0.2, 0.25) is 0 Å². The van der Waals surface area contributed by atoms with Crippen molar-refractivity contribution in [3.63, 3.8) is 0 Å². The molecule has 0 aromatic carbocycles. The molecule has 0 aliphatic carbocycles. The molecule has 0 atom stereocenters. The molecule has 108 valence electrons. The molecule has 0 saturated carbocycles. The molecule has 0 N–H and O–H groups in total. The summed E-state index contributed by atoms with van der Waals surface area (Å²) in [6.07, 6.45) is 1.45. The van der Waals surface area contributed by atoms with E-state index in [9.17, 15) is 8.42 Å². The van der Waals surface area contributed by atoms with E-state index < -0.39 is 10.0 Å². The van der Waals surface area contributed by atoms with E-state index in [1.54, 1.807) is 12.1 Å². The van der Waals surface area contributed by atoms with Crippen molar-refractivity contribution in [2.24, 2.45) is 0 Å². The second-order valence-corrected chi connectivity index (χ2v) is 6.05. The molecule has 0 fully saturated rings. The third-order valence-electron chi connectivity index (χ3n) is 3.15. The minimum atomic E-state index is -3.40. The second kappa shape index (κ2) is 6.86. The summed E-state index contributed by atoms with van der Waals surface area (Å²) in [7, 11) is -3.40. The van der Waals surface area contributed by atoms with Crippen LogP contribution in [0.1, 0.15) is 27.7 Å². The Labute approximate surface area is 116 Å². The summed E-state index contributed by atoms with van der Waals surface area (Å²) in [6, 6.07) is 3.40. The highest BCUT2D eigenvalue weighted by Gasteiger charge is 2.21. The molecule has 0 amide bonds. The minimum Gasteiger partial charge on any atom is -0.357 e. The van der Waals surface area contributed by atoms with Gasteiger partial charge in [-0.25, -0.2) is 13.4 Å². The van der Waals surface area contributed by atoms with Gasteiger partial charge in [-0.05, 0) is 26.0 Å². The van der Waals surface area contributed by atoms with Gasteiger partial charge >= 0.3 is 0 Å². The Morgan fingerprint density at radius 2 is 1.58 bits per heavy atom. The SMILES string of the molecule is CCN(CC)c1ccc(S(=O)(=O)N(CC)CC)cn1. The molecule has 1 aromatic rings. The van der Waals surface area contributed by atoms with E-state index in [1.807, 2.05) is 27.7 Å². The lowest BCUT2D eigenvalue weighted by molar-refractivity contribution is 0.445. The van der Waals surface area contributed by atoms with Gasteiger partial charge in [0.2, 0.25) is 10.0 Å². The van der Waals surface area contributed by atoms with Crippen LogP contribution in [-0.2, 0) is 10.0 Å². The predicted octanol–water partition coefficient (Wildman–Crippen LogP) is 1.96. The van der Waals surface area contributed by atoms with Crippen molar-refractivity contribution in [2.45, 2.75) is 32.6 Å². The zero-order valence-corrected chi connectivity index (χ0v) is 12.9. The number of rotatable bonds is 7. The first kappa shape index (κ1) is 15.9. The van der Waals surface area contributed by atoms with Gasteiger partial charge in [-0.1, -0.05) is 13.8 Å². The molecule has 0 aliphatic rings. The fourth-order valence-corrected chi connectivity index (χ4v) is 3.38. The number of hydrogen-bond donors (Lipinski definition) is 0. The van der Waals surface area contributed by atoms with E-state index in [4.69, 9.17) is 0 Å². The Hall–Kier alpha value is -1.14. The number of sulfonamides is 1. The second-order valence-electron chi connectivity index (χ2n) is 4.11. The average molecular weight is 285 g/mol. The smallest absolute Gasteiger partial charge is 0.244 e. The first-order valence-electron chi connectivity index (χ1n) is 6.72. The monoisotopic (exact) mass is 285 g/mol. The lowest BCUT2D eigenvalue weighted by atomic mass is 10.4. The number of aromatic nitrogens is 1. The molecular formula is C13H23N3O2S. The van der Waals surface area contributed by atoms with E-state index in [1.165, 1.54) is 10.5 Å². The summed E-state index contributed by atoms with van der Waals surface area (Å²) in [5.74, 6) is 0.809. The van der Waals surface area contributed by atoms with Gasteiger partial charge in [0.05, 0.1) is 0 Å². The van der Waals surface area contributed by atoms with E-state index in [0.29, 0.717) is 13.1 Å². The van der Waals surface area contributed by atoms with Crippen LogP contribution in [0.4, 0.5) is 5.82 Å². The Morgan fingerprint density at radius 1 is 1.00 bits per heavy atom. The van der Waals surface area contributed by atoms with Crippen LogP contribution in [0.15, 0.2) is 23.2 Å². The number of pyridine rings is 1. The quantitative estimate of drug-likeness (QED) is 0.768. The molecule has 1 heterocycles. The topological polar surface area (TPSA) is 53.5 Å². The maximum atomic E-state index is 12.3. The molecule has 6 heteroatoms. The fraction of sp³-hybridized carbons (Fsp3) is 0.615. The summed E-state index contributed by atoms with van der Waals surface area (Å²) in [6.45, 7) is 10.4. The van der Waals surface area contributed by atoms with Crippen LogP contribution in [0.25, 0.3) is 0 Å². The van der Waals surface area contributed by atoms with E-state index in [0.717, 1.165) is 18.9 Å². The molecule has 1 rings (SSSR count). The van der Waals surface area contributed by atoms with Crippen LogP contribution in [0.3, 0.4) is 0 Å². The van der Waals surface area contributed by atoms with E-state index >= 15 is 0 Å². The Bertz CT molecular complexity index is 477. The first-order chi connectivity index (χ1) is 9.01. The molecular weight excluding hydrogens is 262 g/mol. The highest BCUT2D eigenvalue weighted by molar-refractivity contribution is 7.89. The normalized spacial score (nSPS) is 11.8. The van der Waals surface area contributed by atoms with Crippen molar-refractivity contribution in [1.29, 1.82) is 0 Å². The molecule has 0 spiro atoms. The maximum absolute atomic E-state index is 12.3. The van der Waals surface area contributed by atoms with E-state index in [-0.39, 0.29) is 4.90 Å². The number of nitrogens with zero attached hydrogens (tertiary/aromatic N) is 3. The lowest BCUT2D eigenvalue weighted by Gasteiger charge is -2.21. The van der Waals surface area contributed by atoms with Crippen LogP contribution >= 0.6 is 0 Å². The third-order valence-corrected chi connectivity index (χ3v) is 5.18. The van der Waals surface area contributed by atoms with Crippen molar-refractivity contribution in [2.75, 3.05) is 31.1 Å². The van der Waals surface area contributed by atoms with Crippen LogP contribution in [0, 0.1) is 0 Å².